The summed E-state index contributed by atoms with van der Waals surface area (Å²) in [6.45, 7) is 7.87. The number of sulfone groups is 1. The van der Waals surface area contributed by atoms with Gasteiger partial charge >= 0.3 is 0 Å². The zero-order valence-corrected chi connectivity index (χ0v) is 18.5. The van der Waals surface area contributed by atoms with Crippen molar-refractivity contribution in [2.45, 2.75) is 43.9 Å². The van der Waals surface area contributed by atoms with Crippen molar-refractivity contribution in [3.63, 3.8) is 0 Å². The highest BCUT2D eigenvalue weighted by atomic mass is 35.5. The molecule has 1 atom stereocenters. The average molecular weight is 440 g/mol. The Balaban J connectivity index is 1.84. The van der Waals surface area contributed by atoms with Crippen molar-refractivity contribution in [3.8, 4) is 11.4 Å². The van der Waals surface area contributed by atoms with Gasteiger partial charge in [0.05, 0.1) is 17.1 Å². The third-order valence-corrected chi connectivity index (χ3v) is 6.73. The van der Waals surface area contributed by atoms with Crippen LogP contribution < -0.4 is 0 Å². The Hall–Kier alpha value is -2.19. The van der Waals surface area contributed by atoms with E-state index in [0.29, 0.717) is 5.69 Å². The van der Waals surface area contributed by atoms with Gasteiger partial charge in [-0.1, -0.05) is 39.3 Å². The molecule has 1 aromatic carbocycles. The first kappa shape index (κ1) is 21.5. The maximum Gasteiger partial charge on any atom is 0.198 e. The average Bonchev–Trinajstić information content (AvgIpc) is 3.20. The summed E-state index contributed by atoms with van der Waals surface area (Å²) in [4.78, 5) is 4.06. The Morgan fingerprint density at radius 1 is 1.28 bits per heavy atom. The van der Waals surface area contributed by atoms with Crippen LogP contribution >= 0.6 is 11.6 Å². The maximum atomic E-state index is 14.1. The molecule has 0 spiro atoms. The molecule has 0 saturated heterocycles. The summed E-state index contributed by atoms with van der Waals surface area (Å²) in [6.07, 6.45) is 1.48. The molecule has 0 amide bonds. The summed E-state index contributed by atoms with van der Waals surface area (Å²) >= 11 is 5.71. The standard InChI is InChI=1S/C20H23ClFN3O3S/c1-12(11-29(26,27)17-7-6-13(21)8-14(17)22)19-23-15(10-28-19)16-9-18(20(2,3)4)24-25(16)5/h6-10,12H,11H2,1-5H3. The number of nitrogens with zero attached hydrogens (tertiary/aromatic N) is 3. The molecule has 2 heterocycles. The maximum absolute atomic E-state index is 14.1. The Morgan fingerprint density at radius 3 is 2.55 bits per heavy atom. The van der Waals surface area contributed by atoms with Gasteiger partial charge in [0.25, 0.3) is 0 Å². The van der Waals surface area contributed by atoms with E-state index in [9.17, 15) is 12.8 Å². The lowest BCUT2D eigenvalue weighted by Gasteiger charge is -2.13. The number of oxazole rings is 1. The van der Waals surface area contributed by atoms with Crippen molar-refractivity contribution in [2.24, 2.45) is 7.05 Å². The first-order valence-electron chi connectivity index (χ1n) is 9.06. The molecule has 0 bridgehead atoms. The Kier molecular flexibility index (Phi) is 5.62. The molecule has 0 aliphatic rings. The van der Waals surface area contributed by atoms with E-state index in [1.165, 1.54) is 18.4 Å². The largest absolute Gasteiger partial charge is 0.448 e. The number of rotatable bonds is 5. The zero-order valence-electron chi connectivity index (χ0n) is 16.9. The monoisotopic (exact) mass is 439 g/mol. The van der Waals surface area contributed by atoms with Gasteiger partial charge < -0.3 is 4.42 Å². The highest BCUT2D eigenvalue weighted by Crippen LogP contribution is 2.29. The summed E-state index contributed by atoms with van der Waals surface area (Å²) in [7, 11) is -2.07. The molecule has 29 heavy (non-hydrogen) atoms. The molecule has 0 aliphatic carbocycles. The molecule has 3 aromatic rings. The number of hydrogen-bond acceptors (Lipinski definition) is 5. The van der Waals surface area contributed by atoms with Gasteiger partial charge in [-0.2, -0.15) is 5.10 Å². The van der Waals surface area contributed by atoms with Gasteiger partial charge in [0, 0.05) is 23.4 Å². The number of aryl methyl sites for hydroxylation is 1. The number of hydrogen-bond donors (Lipinski definition) is 0. The quantitative estimate of drug-likeness (QED) is 0.573. The molecule has 3 rings (SSSR count). The summed E-state index contributed by atoms with van der Waals surface area (Å²) in [5.74, 6) is -1.53. The van der Waals surface area contributed by atoms with Crippen molar-refractivity contribution in [3.05, 3.63) is 53.0 Å². The van der Waals surface area contributed by atoms with Crippen molar-refractivity contribution in [2.75, 3.05) is 5.75 Å². The third-order valence-electron chi connectivity index (χ3n) is 4.55. The summed E-state index contributed by atoms with van der Waals surface area (Å²) in [6, 6.07) is 5.44. The summed E-state index contributed by atoms with van der Waals surface area (Å²) in [5, 5.41) is 4.65. The Morgan fingerprint density at radius 2 is 1.97 bits per heavy atom. The minimum atomic E-state index is -3.89. The smallest absolute Gasteiger partial charge is 0.198 e. The van der Waals surface area contributed by atoms with E-state index in [4.69, 9.17) is 16.0 Å². The third kappa shape index (κ3) is 4.53. The highest BCUT2D eigenvalue weighted by Gasteiger charge is 2.27. The fourth-order valence-electron chi connectivity index (χ4n) is 2.92. The number of halogens is 2. The summed E-state index contributed by atoms with van der Waals surface area (Å²) in [5.41, 5.74) is 2.12. The van der Waals surface area contributed by atoms with E-state index in [0.717, 1.165) is 17.5 Å². The molecule has 9 heteroatoms. The highest BCUT2D eigenvalue weighted by molar-refractivity contribution is 7.91. The van der Waals surface area contributed by atoms with Crippen LogP contribution in [0.15, 0.2) is 39.8 Å². The van der Waals surface area contributed by atoms with Crippen LogP contribution in [0.4, 0.5) is 4.39 Å². The Bertz CT molecular complexity index is 1150. The minimum absolute atomic E-state index is 0.118. The Labute approximate surface area is 174 Å². The van der Waals surface area contributed by atoms with Gasteiger partial charge in [0.1, 0.15) is 22.7 Å². The van der Waals surface area contributed by atoms with Gasteiger partial charge in [-0.15, -0.1) is 0 Å². The molecule has 0 radical (unpaired) electrons. The fourth-order valence-corrected chi connectivity index (χ4v) is 4.69. The first-order valence-corrected chi connectivity index (χ1v) is 11.1. The van der Waals surface area contributed by atoms with Crippen molar-refractivity contribution in [1.29, 1.82) is 0 Å². The lowest BCUT2D eigenvalue weighted by atomic mass is 9.92. The molecular weight excluding hydrogens is 417 g/mol. The minimum Gasteiger partial charge on any atom is -0.448 e. The first-order chi connectivity index (χ1) is 13.4. The summed E-state index contributed by atoms with van der Waals surface area (Å²) < 4.78 is 46.6. The van der Waals surface area contributed by atoms with Crippen LogP contribution in [0.3, 0.4) is 0 Å². The van der Waals surface area contributed by atoms with Gasteiger partial charge in [-0.3, -0.25) is 4.68 Å². The number of benzene rings is 1. The van der Waals surface area contributed by atoms with Crippen LogP contribution in [0.2, 0.25) is 5.02 Å². The molecule has 0 N–H and O–H groups in total. The van der Waals surface area contributed by atoms with E-state index in [1.807, 2.05) is 13.1 Å². The van der Waals surface area contributed by atoms with E-state index < -0.39 is 21.6 Å². The molecule has 0 aliphatic heterocycles. The van der Waals surface area contributed by atoms with E-state index >= 15 is 0 Å². The lowest BCUT2D eigenvalue weighted by molar-refractivity contribution is 0.468. The van der Waals surface area contributed by atoms with Crippen LogP contribution in [0, 0.1) is 5.82 Å². The van der Waals surface area contributed by atoms with Crippen LogP contribution in [0.25, 0.3) is 11.4 Å². The lowest BCUT2D eigenvalue weighted by Crippen LogP contribution is -2.14. The van der Waals surface area contributed by atoms with Gasteiger partial charge in [0.15, 0.2) is 15.7 Å². The second-order valence-electron chi connectivity index (χ2n) is 8.12. The van der Waals surface area contributed by atoms with Crippen molar-refractivity contribution < 1.29 is 17.2 Å². The van der Waals surface area contributed by atoms with Crippen LogP contribution in [-0.2, 0) is 22.3 Å². The molecule has 0 fully saturated rings. The number of aromatic nitrogens is 3. The molecule has 6 nitrogen and oxygen atoms in total. The molecule has 0 saturated carbocycles. The SMILES string of the molecule is CC(CS(=O)(=O)c1ccc(Cl)cc1F)c1nc(-c2cc(C(C)(C)C)nn2C)co1. The van der Waals surface area contributed by atoms with Gasteiger partial charge in [-0.05, 0) is 24.3 Å². The van der Waals surface area contributed by atoms with Gasteiger partial charge in [-0.25, -0.2) is 17.8 Å². The molecule has 1 unspecified atom stereocenters. The van der Waals surface area contributed by atoms with E-state index in [1.54, 1.807) is 11.6 Å². The normalized spacial score (nSPS) is 13.6. The topological polar surface area (TPSA) is 78.0 Å². The van der Waals surface area contributed by atoms with Crippen LogP contribution in [0.1, 0.15) is 45.2 Å². The fraction of sp³-hybridized carbons (Fsp3) is 0.400. The second-order valence-corrected chi connectivity index (χ2v) is 10.6. The van der Waals surface area contributed by atoms with E-state index in [2.05, 4.69) is 30.9 Å². The van der Waals surface area contributed by atoms with Crippen LogP contribution in [-0.4, -0.2) is 28.9 Å². The molecule has 156 valence electrons. The molecular formula is C20H23ClFN3O3S. The van der Waals surface area contributed by atoms with Crippen molar-refractivity contribution >= 4 is 21.4 Å². The zero-order chi connectivity index (χ0) is 21.6. The van der Waals surface area contributed by atoms with Crippen molar-refractivity contribution in [1.82, 2.24) is 14.8 Å². The van der Waals surface area contributed by atoms with Gasteiger partial charge in [0.2, 0.25) is 0 Å². The second kappa shape index (κ2) is 7.57. The van der Waals surface area contributed by atoms with E-state index in [-0.39, 0.29) is 27.0 Å². The molecule has 2 aromatic heterocycles. The van der Waals surface area contributed by atoms with Crippen LogP contribution in [0.5, 0.6) is 0 Å². The predicted molar refractivity (Wildman–Crippen MR) is 109 cm³/mol. The predicted octanol–water partition coefficient (Wildman–Crippen LogP) is 4.74.